The quantitative estimate of drug-likeness (QED) is 0.353. The van der Waals surface area contributed by atoms with Gasteiger partial charge in [-0.2, -0.15) is 4.31 Å². The average molecular weight is 604 g/mol. The monoisotopic (exact) mass is 603 g/mol. The van der Waals surface area contributed by atoms with Crippen molar-refractivity contribution in [2.24, 2.45) is 5.92 Å². The number of anilines is 2. The molecule has 0 bridgehead atoms. The van der Waals surface area contributed by atoms with Crippen LogP contribution in [-0.2, 0) is 10.0 Å². The number of benzene rings is 2. The Labute approximate surface area is 243 Å². The third-order valence-electron chi connectivity index (χ3n) is 7.15. The number of aryl methyl sites for hydroxylation is 2. The molecule has 1 aliphatic heterocycles. The maximum Gasteiger partial charge on any atom is 0.323 e. The van der Waals surface area contributed by atoms with E-state index in [1.54, 1.807) is 26.8 Å². The molecule has 0 saturated carbocycles. The number of fused-ring (bicyclic) bond motifs is 1. The first-order valence-corrected chi connectivity index (χ1v) is 14.7. The first-order valence-electron chi connectivity index (χ1n) is 13.3. The minimum Gasteiger partial charge on any atom is -0.488 e. The number of halogens is 1. The van der Waals surface area contributed by atoms with Crippen molar-refractivity contribution in [3.8, 4) is 5.75 Å². The van der Waals surface area contributed by atoms with Gasteiger partial charge in [0.05, 0.1) is 29.7 Å². The number of aromatic nitrogens is 1. The number of carbonyl (C=O) groups excluding carboxylic acids is 2. The van der Waals surface area contributed by atoms with Crippen LogP contribution < -0.4 is 15.4 Å². The van der Waals surface area contributed by atoms with Crippen molar-refractivity contribution in [3.63, 3.8) is 0 Å². The van der Waals surface area contributed by atoms with Crippen molar-refractivity contribution in [2.75, 3.05) is 37.4 Å². The molecule has 0 aliphatic carbocycles. The number of likely N-dealkylation sites (N-methyl/N-ethyl adjacent to an activating group) is 1. The highest BCUT2D eigenvalue weighted by Gasteiger charge is 2.35. The van der Waals surface area contributed by atoms with E-state index in [0.717, 1.165) is 16.4 Å². The number of amides is 3. The van der Waals surface area contributed by atoms with Crippen LogP contribution in [0.1, 0.15) is 35.7 Å². The van der Waals surface area contributed by atoms with Crippen LogP contribution in [0.15, 0.2) is 51.9 Å². The van der Waals surface area contributed by atoms with Gasteiger partial charge in [-0.25, -0.2) is 17.6 Å². The van der Waals surface area contributed by atoms with Crippen LogP contribution >= 0.6 is 0 Å². The Hall–Kier alpha value is -4.01. The van der Waals surface area contributed by atoms with E-state index in [-0.39, 0.29) is 41.8 Å². The summed E-state index contributed by atoms with van der Waals surface area (Å²) in [4.78, 5) is 27.8. The number of hydrogen-bond donors (Lipinski definition) is 3. The van der Waals surface area contributed by atoms with Crippen LogP contribution in [0.5, 0.6) is 5.75 Å². The van der Waals surface area contributed by atoms with Crippen LogP contribution in [0.25, 0.3) is 0 Å². The molecule has 0 fully saturated rings. The van der Waals surface area contributed by atoms with E-state index in [2.05, 4.69) is 15.8 Å². The Bertz CT molecular complexity index is 1540. The van der Waals surface area contributed by atoms with Crippen LogP contribution in [0, 0.1) is 25.6 Å². The van der Waals surface area contributed by atoms with Gasteiger partial charge in [-0.15, -0.1) is 0 Å². The molecule has 3 atom stereocenters. The molecule has 0 spiro atoms. The molecule has 42 heavy (non-hydrogen) atoms. The lowest BCUT2D eigenvalue weighted by molar-refractivity contribution is 0.0387. The number of urea groups is 1. The van der Waals surface area contributed by atoms with Gasteiger partial charge in [-0.1, -0.05) is 12.1 Å². The number of carbonyl (C=O) groups is 2. The second kappa shape index (κ2) is 12.5. The summed E-state index contributed by atoms with van der Waals surface area (Å²) >= 11 is 0. The minimum atomic E-state index is -3.97. The fourth-order valence-corrected chi connectivity index (χ4v) is 5.78. The molecule has 0 saturated heterocycles. The lowest BCUT2D eigenvalue weighted by Crippen LogP contribution is -2.50. The van der Waals surface area contributed by atoms with Gasteiger partial charge in [0.1, 0.15) is 29.1 Å². The number of aliphatic hydroxyl groups is 1. The molecule has 3 amide bonds. The average Bonchev–Trinajstić information content (AvgIpc) is 3.26. The molecule has 3 aromatic rings. The second-order valence-electron chi connectivity index (χ2n) is 10.4. The Morgan fingerprint density at radius 3 is 2.52 bits per heavy atom. The van der Waals surface area contributed by atoms with Gasteiger partial charge in [-0.3, -0.25) is 4.79 Å². The van der Waals surface area contributed by atoms with Gasteiger partial charge in [0.15, 0.2) is 5.76 Å². The third kappa shape index (κ3) is 6.55. The number of nitrogens with one attached hydrogen (secondary N) is 2. The highest BCUT2D eigenvalue weighted by molar-refractivity contribution is 7.89. The standard InChI is InChI=1S/C28H34FN5O7S/c1-16-13-34(17(2)15-35)27(36)23-12-21(30-28(37)31-26-18(3)32-41-19(26)4)8-11-24(23)40-25(16)14-33(5)42(38,39)22-9-6-20(29)7-10-22/h6-12,16-17,25,35H,13-15H2,1-5H3,(H2,30,31,37)/t16-,17-,25-/m0/s1. The minimum absolute atomic E-state index is 0.0680. The summed E-state index contributed by atoms with van der Waals surface area (Å²) in [5.74, 6) is -0.692. The second-order valence-corrected chi connectivity index (χ2v) is 12.4. The summed E-state index contributed by atoms with van der Waals surface area (Å²) in [5.41, 5.74) is 1.36. The Kier molecular flexibility index (Phi) is 9.18. The molecule has 12 nitrogen and oxygen atoms in total. The van der Waals surface area contributed by atoms with Gasteiger partial charge in [0.25, 0.3) is 5.91 Å². The molecule has 226 valence electrons. The highest BCUT2D eigenvalue weighted by Crippen LogP contribution is 2.31. The van der Waals surface area contributed by atoms with E-state index in [9.17, 15) is 27.5 Å². The molecule has 1 aliphatic rings. The van der Waals surface area contributed by atoms with Gasteiger partial charge in [0, 0.05) is 25.2 Å². The molecule has 14 heteroatoms. The molecule has 0 radical (unpaired) electrons. The van der Waals surface area contributed by atoms with E-state index in [4.69, 9.17) is 9.26 Å². The number of ether oxygens (including phenoxy) is 1. The van der Waals surface area contributed by atoms with Crippen molar-refractivity contribution in [3.05, 3.63) is 65.3 Å². The highest BCUT2D eigenvalue weighted by atomic mass is 32.2. The number of nitrogens with zero attached hydrogens (tertiary/aromatic N) is 3. The van der Waals surface area contributed by atoms with E-state index in [1.165, 1.54) is 36.2 Å². The summed E-state index contributed by atoms with van der Waals surface area (Å²) in [7, 11) is -2.57. The van der Waals surface area contributed by atoms with Crippen molar-refractivity contribution in [1.82, 2.24) is 14.4 Å². The largest absolute Gasteiger partial charge is 0.488 e. The normalized spacial score (nSPS) is 18.1. The summed E-state index contributed by atoms with van der Waals surface area (Å²) in [6.45, 7) is 6.67. The first kappa shape index (κ1) is 30.9. The topological polar surface area (TPSA) is 154 Å². The van der Waals surface area contributed by atoms with E-state index < -0.39 is 39.9 Å². The molecule has 2 aromatic carbocycles. The first-order chi connectivity index (χ1) is 19.8. The van der Waals surface area contributed by atoms with Gasteiger partial charge in [-0.05, 0) is 63.2 Å². The van der Waals surface area contributed by atoms with Crippen molar-refractivity contribution in [2.45, 2.75) is 44.7 Å². The third-order valence-corrected chi connectivity index (χ3v) is 8.99. The fourth-order valence-electron chi connectivity index (χ4n) is 4.59. The number of rotatable bonds is 8. The van der Waals surface area contributed by atoms with E-state index in [0.29, 0.717) is 22.8 Å². The Morgan fingerprint density at radius 1 is 1.21 bits per heavy atom. The fraction of sp³-hybridized carbons (Fsp3) is 0.393. The Balaban J connectivity index is 1.62. The summed E-state index contributed by atoms with van der Waals surface area (Å²) in [6, 6.07) is 7.96. The summed E-state index contributed by atoms with van der Waals surface area (Å²) in [5, 5.41) is 19.0. The maximum absolute atomic E-state index is 13.7. The molecular weight excluding hydrogens is 569 g/mol. The van der Waals surface area contributed by atoms with Crippen molar-refractivity contribution < 1.29 is 36.8 Å². The zero-order valence-electron chi connectivity index (χ0n) is 23.9. The maximum atomic E-state index is 13.7. The lowest BCUT2D eigenvalue weighted by Gasteiger charge is -2.38. The smallest absolute Gasteiger partial charge is 0.323 e. The molecular formula is C28H34FN5O7S. The lowest BCUT2D eigenvalue weighted by atomic mass is 9.99. The number of sulfonamides is 1. The molecule has 2 heterocycles. The van der Waals surface area contributed by atoms with Crippen molar-refractivity contribution in [1.29, 1.82) is 0 Å². The van der Waals surface area contributed by atoms with Gasteiger partial charge in [0.2, 0.25) is 10.0 Å². The van der Waals surface area contributed by atoms with Crippen LogP contribution in [-0.4, -0.2) is 78.7 Å². The summed E-state index contributed by atoms with van der Waals surface area (Å²) in [6.07, 6.45) is -0.702. The Morgan fingerprint density at radius 2 is 1.90 bits per heavy atom. The molecule has 1 aromatic heterocycles. The zero-order valence-corrected chi connectivity index (χ0v) is 24.7. The van der Waals surface area contributed by atoms with Crippen LogP contribution in [0.3, 0.4) is 0 Å². The molecule has 0 unspecified atom stereocenters. The zero-order chi connectivity index (χ0) is 30.8. The van der Waals surface area contributed by atoms with Crippen LogP contribution in [0.2, 0.25) is 0 Å². The summed E-state index contributed by atoms with van der Waals surface area (Å²) < 4.78 is 52.2. The van der Waals surface area contributed by atoms with Crippen molar-refractivity contribution >= 4 is 33.3 Å². The number of hydrogen-bond acceptors (Lipinski definition) is 8. The van der Waals surface area contributed by atoms with E-state index in [1.807, 2.05) is 6.92 Å². The SMILES string of the molecule is Cc1noc(C)c1NC(=O)Nc1ccc2c(c1)C(=O)N([C@@H](C)CO)C[C@H](C)[C@H](CN(C)S(=O)(=O)c1ccc(F)cc1)O2. The molecule has 3 N–H and O–H groups in total. The molecule has 4 rings (SSSR count). The van der Waals surface area contributed by atoms with E-state index >= 15 is 0 Å². The predicted octanol–water partition coefficient (Wildman–Crippen LogP) is 3.62. The van der Waals surface area contributed by atoms with Gasteiger partial charge < -0.3 is 29.9 Å². The van der Waals surface area contributed by atoms with Gasteiger partial charge >= 0.3 is 6.03 Å². The number of aliphatic hydroxyl groups excluding tert-OH is 1. The van der Waals surface area contributed by atoms with Crippen LogP contribution in [0.4, 0.5) is 20.6 Å². The predicted molar refractivity (Wildman–Crippen MR) is 152 cm³/mol.